The molecule has 0 spiro atoms. The molecule has 4 amide bonds. The molecule has 6 N–H and O–H groups in total. The van der Waals surface area contributed by atoms with Crippen LogP contribution >= 0.6 is 0 Å². The molecule has 1 aliphatic carbocycles. The molecule has 370 valence electrons. The number of methoxy groups -OCH3 is 1. The Morgan fingerprint density at radius 1 is 0.771 bits per heavy atom. The Kier molecular flexibility index (Phi) is 15.9. The lowest BCUT2D eigenvalue weighted by Crippen LogP contribution is -2.62. The van der Waals surface area contributed by atoms with E-state index in [-0.39, 0.29) is 39.0 Å². The number of ether oxygens (including phenoxy) is 2. The summed E-state index contributed by atoms with van der Waals surface area (Å²) in [5.74, 6) is -20.6. The number of halogens is 8. The van der Waals surface area contributed by atoms with Crippen molar-refractivity contribution in [3.8, 4) is 28.2 Å². The quantitative estimate of drug-likeness (QED) is 0.0434. The monoisotopic (exact) mass is 994 g/mol. The van der Waals surface area contributed by atoms with Gasteiger partial charge in [0.15, 0.2) is 35.7 Å². The van der Waals surface area contributed by atoms with Gasteiger partial charge in [0.1, 0.15) is 29.5 Å². The summed E-state index contributed by atoms with van der Waals surface area (Å²) in [6.07, 6.45) is -13.6. The third kappa shape index (κ3) is 12.4. The summed E-state index contributed by atoms with van der Waals surface area (Å²) in [5.41, 5.74) is -3.84. The first-order chi connectivity index (χ1) is 32.7. The van der Waals surface area contributed by atoms with Crippen LogP contribution in [-0.2, 0) is 33.4 Å². The summed E-state index contributed by atoms with van der Waals surface area (Å²) in [7, 11) is 0.886. The minimum absolute atomic E-state index is 0.00329. The average molecular weight is 995 g/mol. The molecule has 3 unspecified atom stereocenters. The SMILES string of the molecule is COC(=O)CC(NC(=O)C(C)NC(=O)C(NC(=O)CNC(=O)c1ccc(-c2c3cc(F)c(=O)cc-3oc3cc(O)c(F)cc23)c(C(=O)O)c1)C(C(F)(F)F)C(F)(F)F)C(=O)COC(=O)c1ccccc1. The van der Waals surface area contributed by atoms with Crippen LogP contribution in [0.15, 0.2) is 82.0 Å². The fourth-order valence-electron chi connectivity index (χ4n) is 6.68. The van der Waals surface area contributed by atoms with E-state index in [0.717, 1.165) is 32.2 Å². The fraction of sp³-hybridized carbons (Fsp3) is 0.250. The molecule has 5 rings (SSSR count). The lowest BCUT2D eigenvalue weighted by atomic mass is 9.89. The molecule has 0 aromatic heterocycles. The van der Waals surface area contributed by atoms with E-state index in [1.807, 2.05) is 10.6 Å². The average Bonchev–Trinajstić information content (AvgIpc) is 3.28. The summed E-state index contributed by atoms with van der Waals surface area (Å²) in [5, 5.41) is 26.4. The number of hydrogen-bond acceptors (Lipinski definition) is 13. The first-order valence-electron chi connectivity index (χ1n) is 19.8. The van der Waals surface area contributed by atoms with E-state index >= 15 is 0 Å². The number of phenols is 1. The van der Waals surface area contributed by atoms with Crippen LogP contribution in [0.4, 0.5) is 35.1 Å². The number of carbonyl (C=O) groups is 8. The summed E-state index contributed by atoms with van der Waals surface area (Å²) in [6, 6.07) is 4.81. The van der Waals surface area contributed by atoms with Crippen LogP contribution < -0.4 is 26.7 Å². The van der Waals surface area contributed by atoms with Gasteiger partial charge in [0.25, 0.3) is 5.91 Å². The zero-order chi connectivity index (χ0) is 52.0. The summed E-state index contributed by atoms with van der Waals surface area (Å²) >= 11 is 0. The number of phenolic OH excluding ortho intramolecular Hbond substituents is 1. The molecule has 18 nitrogen and oxygen atoms in total. The van der Waals surface area contributed by atoms with E-state index in [4.69, 9.17) is 9.15 Å². The number of Topliss-reactive ketones (excluding diaryl/α,β-unsaturated/α-hetero) is 1. The van der Waals surface area contributed by atoms with Gasteiger partial charge in [-0.15, -0.1) is 0 Å². The van der Waals surface area contributed by atoms with Gasteiger partial charge in [-0.3, -0.25) is 33.6 Å². The van der Waals surface area contributed by atoms with Gasteiger partial charge >= 0.3 is 30.3 Å². The minimum atomic E-state index is -6.31. The lowest BCUT2D eigenvalue weighted by molar-refractivity contribution is -0.289. The predicted molar refractivity (Wildman–Crippen MR) is 221 cm³/mol. The van der Waals surface area contributed by atoms with E-state index in [2.05, 4.69) is 4.74 Å². The number of carboxylic acid groups (broad SMARTS) is 1. The largest absolute Gasteiger partial charge is 0.505 e. The smallest absolute Gasteiger partial charge is 0.403 e. The molecule has 1 heterocycles. The van der Waals surface area contributed by atoms with E-state index in [9.17, 15) is 88.5 Å². The van der Waals surface area contributed by atoms with Gasteiger partial charge in [0.05, 0.1) is 31.2 Å². The molecule has 0 saturated carbocycles. The van der Waals surface area contributed by atoms with Crippen LogP contribution in [0.25, 0.3) is 33.4 Å². The van der Waals surface area contributed by atoms with E-state index in [1.165, 1.54) is 29.6 Å². The summed E-state index contributed by atoms with van der Waals surface area (Å²) in [4.78, 5) is 114. The highest BCUT2D eigenvalue weighted by Crippen LogP contribution is 2.44. The Morgan fingerprint density at radius 3 is 2.04 bits per heavy atom. The van der Waals surface area contributed by atoms with Gasteiger partial charge in [-0.05, 0) is 48.9 Å². The number of fused-ring (bicyclic) bond motifs is 2. The van der Waals surface area contributed by atoms with Crippen molar-refractivity contribution in [1.29, 1.82) is 0 Å². The second kappa shape index (κ2) is 21.2. The fourth-order valence-corrected chi connectivity index (χ4v) is 6.68. The number of ketones is 1. The molecule has 3 aromatic carbocycles. The second-order valence-electron chi connectivity index (χ2n) is 14.9. The van der Waals surface area contributed by atoms with Gasteiger partial charge in [-0.1, -0.05) is 24.3 Å². The van der Waals surface area contributed by atoms with Crippen LogP contribution in [0, 0.1) is 17.6 Å². The van der Waals surface area contributed by atoms with Crippen molar-refractivity contribution in [1.82, 2.24) is 21.3 Å². The number of carboxylic acids is 1. The van der Waals surface area contributed by atoms with Gasteiger partial charge < -0.3 is 45.4 Å². The molecule has 70 heavy (non-hydrogen) atoms. The van der Waals surface area contributed by atoms with Crippen LogP contribution in [0.2, 0.25) is 0 Å². The molecular formula is C44H34F8N4O14. The third-order valence-corrected chi connectivity index (χ3v) is 10.1. The Balaban J connectivity index is 1.35. The van der Waals surface area contributed by atoms with Crippen molar-refractivity contribution in [3.63, 3.8) is 0 Å². The zero-order valence-electron chi connectivity index (χ0n) is 35.7. The van der Waals surface area contributed by atoms with Crippen molar-refractivity contribution in [2.24, 2.45) is 5.92 Å². The van der Waals surface area contributed by atoms with E-state index in [1.54, 1.807) is 11.4 Å². The highest BCUT2D eigenvalue weighted by atomic mass is 19.4. The molecule has 0 radical (unpaired) electrons. The van der Waals surface area contributed by atoms with Crippen molar-refractivity contribution >= 4 is 58.3 Å². The van der Waals surface area contributed by atoms with Crippen molar-refractivity contribution in [2.45, 2.75) is 43.8 Å². The Hall–Kier alpha value is -8.45. The second-order valence-corrected chi connectivity index (χ2v) is 14.9. The molecule has 2 aliphatic rings. The summed E-state index contributed by atoms with van der Waals surface area (Å²) in [6.45, 7) is -1.81. The third-order valence-electron chi connectivity index (χ3n) is 10.1. The van der Waals surface area contributed by atoms with Gasteiger partial charge in [-0.2, -0.15) is 26.3 Å². The van der Waals surface area contributed by atoms with Crippen LogP contribution in [0.1, 0.15) is 44.4 Å². The number of nitrogens with one attached hydrogen (secondary N) is 4. The van der Waals surface area contributed by atoms with Crippen LogP contribution in [0.5, 0.6) is 5.75 Å². The number of alkyl halides is 6. The Labute approximate surface area is 386 Å². The molecule has 3 atom stereocenters. The number of esters is 2. The van der Waals surface area contributed by atoms with Gasteiger partial charge in [0, 0.05) is 34.2 Å². The molecular weight excluding hydrogens is 960 g/mol. The topological polar surface area (TPSA) is 274 Å². The molecule has 3 aromatic rings. The Morgan fingerprint density at radius 2 is 1.43 bits per heavy atom. The van der Waals surface area contributed by atoms with E-state index in [0.29, 0.717) is 24.3 Å². The first kappa shape index (κ1) is 52.5. The highest BCUT2D eigenvalue weighted by Gasteiger charge is 2.62. The lowest BCUT2D eigenvalue weighted by Gasteiger charge is -2.31. The van der Waals surface area contributed by atoms with Crippen molar-refractivity contribution in [2.75, 3.05) is 20.3 Å². The zero-order valence-corrected chi connectivity index (χ0v) is 35.7. The number of aromatic carboxylic acids is 1. The number of amides is 4. The number of rotatable bonds is 17. The standard InChI is InChI=1S/C44H34F8N4O14/c1-18(38(62)55-27(13-34(61)68-2)30(59)17-69-42(67)19-6-4-3-5-7-19)54-40(64)36(37(43(47,48)49)44(50,51)52)56-33(60)16-53-39(63)20-8-9-21(22(10-20)41(65)66)35-23-11-25(45)28(57)14-31(23)70-32-15-29(58)26(46)12-24(32)35/h3-12,14-15,18,27,36-37,57H,13,16-17H2,1-2H3,(H,53,63)(H,54,64)(H,55,62)(H,56,60)(H,65,66). The van der Waals surface area contributed by atoms with Gasteiger partial charge in [0.2, 0.25) is 23.2 Å². The van der Waals surface area contributed by atoms with Gasteiger partial charge in [-0.25, -0.2) is 18.4 Å². The maximum absolute atomic E-state index is 14.6. The van der Waals surface area contributed by atoms with Crippen LogP contribution in [0.3, 0.4) is 0 Å². The molecule has 1 aliphatic heterocycles. The highest BCUT2D eigenvalue weighted by molar-refractivity contribution is 6.09. The maximum atomic E-state index is 14.6. The number of benzene rings is 4. The summed E-state index contributed by atoms with van der Waals surface area (Å²) < 4.78 is 128. The van der Waals surface area contributed by atoms with E-state index < -0.39 is 137 Å². The molecule has 0 saturated heterocycles. The minimum Gasteiger partial charge on any atom is -0.505 e. The predicted octanol–water partition coefficient (Wildman–Crippen LogP) is 4.18. The Bertz CT molecular complexity index is 2910. The normalized spacial score (nSPS) is 12.9. The van der Waals surface area contributed by atoms with Crippen molar-refractivity contribution < 1.29 is 97.6 Å². The first-order valence-corrected chi connectivity index (χ1v) is 19.8. The molecule has 0 bridgehead atoms. The molecule has 26 heteroatoms. The maximum Gasteiger partial charge on any atom is 0.403 e. The number of carbonyl (C=O) groups excluding carboxylic acids is 7. The molecule has 0 fully saturated rings. The number of aromatic hydroxyl groups is 1. The number of hydrogen-bond donors (Lipinski definition) is 6. The van der Waals surface area contributed by atoms with Crippen molar-refractivity contribution in [3.05, 3.63) is 111 Å². The van der Waals surface area contributed by atoms with Crippen LogP contribution in [-0.4, -0.2) is 108 Å².